The predicted octanol–water partition coefficient (Wildman–Crippen LogP) is 1.58. The number of anilines is 2. The van der Waals surface area contributed by atoms with Crippen molar-refractivity contribution in [2.75, 3.05) is 30.4 Å². The van der Waals surface area contributed by atoms with Gasteiger partial charge in [0.2, 0.25) is 0 Å². The van der Waals surface area contributed by atoms with Gasteiger partial charge >= 0.3 is 5.97 Å². The number of rotatable bonds is 2. The summed E-state index contributed by atoms with van der Waals surface area (Å²) in [5.74, 6) is -0.942. The monoisotopic (exact) mass is 250 g/mol. The molecule has 1 fully saturated rings. The fourth-order valence-electron chi connectivity index (χ4n) is 2.22. The van der Waals surface area contributed by atoms with E-state index in [1.165, 1.54) is 6.07 Å². The van der Waals surface area contributed by atoms with Crippen LogP contribution in [0.3, 0.4) is 0 Å². The Labute approximate surface area is 106 Å². The molecule has 1 saturated heterocycles. The van der Waals surface area contributed by atoms with E-state index < -0.39 is 5.97 Å². The Kier molecular flexibility index (Phi) is 3.17. The number of nitrogen functional groups attached to an aromatic ring is 1. The molecular weight excluding hydrogens is 232 g/mol. The van der Waals surface area contributed by atoms with Gasteiger partial charge in [-0.15, -0.1) is 0 Å². The Bertz CT molecular complexity index is 471. The molecule has 0 radical (unpaired) electrons. The van der Waals surface area contributed by atoms with Crippen LogP contribution in [0.4, 0.5) is 11.4 Å². The van der Waals surface area contributed by atoms with Gasteiger partial charge in [0.1, 0.15) is 0 Å². The van der Waals surface area contributed by atoms with Crippen molar-refractivity contribution >= 4 is 17.3 Å². The van der Waals surface area contributed by atoms with Gasteiger partial charge in [-0.05, 0) is 32.0 Å². The maximum atomic E-state index is 11.0. The van der Waals surface area contributed by atoms with E-state index in [1.807, 2.05) is 0 Å². The largest absolute Gasteiger partial charge is 0.478 e. The molecule has 1 aliphatic rings. The van der Waals surface area contributed by atoms with Gasteiger partial charge in [-0.3, -0.25) is 0 Å². The molecule has 1 aromatic rings. The number of aromatic carboxylic acids is 1. The minimum Gasteiger partial charge on any atom is -0.478 e. The van der Waals surface area contributed by atoms with Crippen LogP contribution in [-0.2, 0) is 4.74 Å². The normalized spacial score (nSPS) is 18.7. The zero-order valence-corrected chi connectivity index (χ0v) is 10.6. The Morgan fingerprint density at radius 1 is 1.50 bits per heavy atom. The van der Waals surface area contributed by atoms with Crippen LogP contribution in [0.1, 0.15) is 24.2 Å². The molecule has 3 N–H and O–H groups in total. The van der Waals surface area contributed by atoms with Crippen LogP contribution in [0.25, 0.3) is 0 Å². The highest BCUT2D eigenvalue weighted by atomic mass is 16.5. The summed E-state index contributed by atoms with van der Waals surface area (Å²) in [4.78, 5) is 13.1. The van der Waals surface area contributed by atoms with Crippen molar-refractivity contribution in [3.63, 3.8) is 0 Å². The molecular formula is C13H18N2O3. The lowest BCUT2D eigenvalue weighted by Gasteiger charge is -2.44. The highest BCUT2D eigenvalue weighted by Gasteiger charge is 2.32. The maximum Gasteiger partial charge on any atom is 0.335 e. The van der Waals surface area contributed by atoms with Gasteiger partial charge in [-0.1, -0.05) is 0 Å². The number of hydrogen-bond donors (Lipinski definition) is 2. The van der Waals surface area contributed by atoms with Crippen molar-refractivity contribution in [2.24, 2.45) is 0 Å². The summed E-state index contributed by atoms with van der Waals surface area (Å²) >= 11 is 0. The van der Waals surface area contributed by atoms with Gasteiger partial charge in [0.25, 0.3) is 0 Å². The van der Waals surface area contributed by atoms with Gasteiger partial charge in [0.15, 0.2) is 0 Å². The zero-order valence-electron chi connectivity index (χ0n) is 10.6. The topological polar surface area (TPSA) is 75.8 Å². The number of nitrogens with two attached hydrogens (primary N) is 1. The lowest BCUT2D eigenvalue weighted by atomic mass is 10.00. The third-order valence-corrected chi connectivity index (χ3v) is 3.21. The maximum absolute atomic E-state index is 11.0. The molecule has 2 rings (SSSR count). The molecule has 1 heterocycles. The number of carbonyl (C=O) groups is 1. The first-order valence-corrected chi connectivity index (χ1v) is 5.90. The molecule has 98 valence electrons. The first-order valence-electron chi connectivity index (χ1n) is 5.90. The van der Waals surface area contributed by atoms with Crippen LogP contribution in [-0.4, -0.2) is 36.4 Å². The number of morpholine rings is 1. The van der Waals surface area contributed by atoms with Gasteiger partial charge in [-0.2, -0.15) is 0 Å². The van der Waals surface area contributed by atoms with Crippen LogP contribution in [0.2, 0.25) is 0 Å². The molecule has 0 aliphatic carbocycles. The highest BCUT2D eigenvalue weighted by Crippen LogP contribution is 2.32. The molecule has 1 aliphatic heterocycles. The average molecular weight is 250 g/mol. The molecule has 0 saturated carbocycles. The number of carboxylic acid groups (broad SMARTS) is 1. The van der Waals surface area contributed by atoms with E-state index in [0.717, 1.165) is 5.69 Å². The van der Waals surface area contributed by atoms with Crippen molar-refractivity contribution in [2.45, 2.75) is 19.4 Å². The van der Waals surface area contributed by atoms with Crippen LogP contribution >= 0.6 is 0 Å². The summed E-state index contributed by atoms with van der Waals surface area (Å²) < 4.78 is 5.46. The SMILES string of the molecule is CC1(C)COCCN1c1cc(C(=O)O)ccc1N. The number of ether oxygens (including phenoxy) is 1. The van der Waals surface area contributed by atoms with Crippen molar-refractivity contribution in [3.8, 4) is 0 Å². The van der Waals surface area contributed by atoms with E-state index in [9.17, 15) is 4.79 Å². The van der Waals surface area contributed by atoms with E-state index in [0.29, 0.717) is 25.4 Å². The lowest BCUT2D eigenvalue weighted by Crippen LogP contribution is -2.53. The smallest absolute Gasteiger partial charge is 0.335 e. The first-order chi connectivity index (χ1) is 8.42. The average Bonchev–Trinajstić information content (AvgIpc) is 2.29. The summed E-state index contributed by atoms with van der Waals surface area (Å²) in [7, 11) is 0. The second-order valence-corrected chi connectivity index (χ2v) is 5.10. The fraction of sp³-hybridized carbons (Fsp3) is 0.462. The number of hydrogen-bond acceptors (Lipinski definition) is 4. The number of benzene rings is 1. The summed E-state index contributed by atoms with van der Waals surface area (Å²) in [6, 6.07) is 4.80. The van der Waals surface area contributed by atoms with Crippen molar-refractivity contribution in [1.82, 2.24) is 0 Å². The lowest BCUT2D eigenvalue weighted by molar-refractivity contribution is 0.0644. The third kappa shape index (κ3) is 2.26. The predicted molar refractivity (Wildman–Crippen MR) is 70.1 cm³/mol. The minimum atomic E-state index is -0.942. The quantitative estimate of drug-likeness (QED) is 0.779. The molecule has 18 heavy (non-hydrogen) atoms. The summed E-state index contributed by atoms with van der Waals surface area (Å²) in [5, 5.41) is 9.04. The van der Waals surface area contributed by atoms with Crippen LogP contribution in [0.5, 0.6) is 0 Å². The van der Waals surface area contributed by atoms with E-state index in [2.05, 4.69) is 18.7 Å². The summed E-state index contributed by atoms with van der Waals surface area (Å²) in [6.45, 7) is 6.04. The molecule has 5 nitrogen and oxygen atoms in total. The number of carboxylic acids is 1. The van der Waals surface area contributed by atoms with Crippen molar-refractivity contribution in [3.05, 3.63) is 23.8 Å². The van der Waals surface area contributed by atoms with Crippen LogP contribution in [0.15, 0.2) is 18.2 Å². The third-order valence-electron chi connectivity index (χ3n) is 3.21. The molecule has 0 aromatic heterocycles. The molecule has 0 bridgehead atoms. The second-order valence-electron chi connectivity index (χ2n) is 5.10. The molecule has 0 unspecified atom stereocenters. The van der Waals surface area contributed by atoms with Gasteiger partial charge < -0.3 is 20.5 Å². The Morgan fingerprint density at radius 3 is 2.83 bits per heavy atom. The highest BCUT2D eigenvalue weighted by molar-refractivity contribution is 5.90. The van der Waals surface area contributed by atoms with Crippen molar-refractivity contribution in [1.29, 1.82) is 0 Å². The Morgan fingerprint density at radius 2 is 2.22 bits per heavy atom. The van der Waals surface area contributed by atoms with Crippen LogP contribution < -0.4 is 10.6 Å². The molecule has 5 heteroatoms. The van der Waals surface area contributed by atoms with E-state index in [-0.39, 0.29) is 11.1 Å². The molecule has 0 amide bonds. The summed E-state index contributed by atoms with van der Waals surface area (Å²) in [6.07, 6.45) is 0. The van der Waals surface area contributed by atoms with Gasteiger partial charge in [-0.25, -0.2) is 4.79 Å². The first kappa shape index (κ1) is 12.7. The fourth-order valence-corrected chi connectivity index (χ4v) is 2.22. The van der Waals surface area contributed by atoms with E-state index in [1.54, 1.807) is 12.1 Å². The number of nitrogens with zero attached hydrogens (tertiary/aromatic N) is 1. The van der Waals surface area contributed by atoms with Crippen molar-refractivity contribution < 1.29 is 14.6 Å². The van der Waals surface area contributed by atoms with Gasteiger partial charge in [0.05, 0.1) is 35.7 Å². The minimum absolute atomic E-state index is 0.191. The standard InChI is InChI=1S/C13H18N2O3/c1-13(2)8-18-6-5-15(13)11-7-9(12(16)17)3-4-10(11)14/h3-4,7H,5-6,8,14H2,1-2H3,(H,16,17). The zero-order chi connectivity index (χ0) is 13.3. The molecule has 0 spiro atoms. The Balaban J connectivity index is 2.42. The molecule has 1 aromatic carbocycles. The van der Waals surface area contributed by atoms with E-state index in [4.69, 9.17) is 15.6 Å². The second kappa shape index (κ2) is 4.49. The van der Waals surface area contributed by atoms with Crippen LogP contribution in [0, 0.1) is 0 Å². The van der Waals surface area contributed by atoms with Gasteiger partial charge in [0, 0.05) is 6.54 Å². The Hall–Kier alpha value is -1.75. The van der Waals surface area contributed by atoms with E-state index >= 15 is 0 Å². The summed E-state index contributed by atoms with van der Waals surface area (Å²) in [5.41, 5.74) is 7.39. The molecule has 0 atom stereocenters.